The van der Waals surface area contributed by atoms with Crippen LogP contribution in [0.1, 0.15) is 32.6 Å². The number of nitrogens with one attached hydrogen (secondary N) is 1. The first-order valence-corrected chi connectivity index (χ1v) is 7.84. The summed E-state index contributed by atoms with van der Waals surface area (Å²) >= 11 is 5.83. The van der Waals surface area contributed by atoms with Crippen LogP contribution in [0.2, 0.25) is 5.02 Å². The Balaban J connectivity index is 2.33. The molecule has 0 saturated heterocycles. The van der Waals surface area contributed by atoms with Gasteiger partial charge in [-0.2, -0.15) is 0 Å². The van der Waals surface area contributed by atoms with E-state index in [-0.39, 0.29) is 16.1 Å². The minimum Gasteiger partial charge on any atom is -0.398 e. The van der Waals surface area contributed by atoms with Gasteiger partial charge in [0, 0.05) is 10.6 Å². The molecule has 18 heavy (non-hydrogen) atoms. The second-order valence-electron chi connectivity index (χ2n) is 4.78. The Kier molecular flexibility index (Phi) is 3.58. The molecule has 0 unspecified atom stereocenters. The van der Waals surface area contributed by atoms with Crippen molar-refractivity contribution in [1.82, 2.24) is 4.72 Å². The minimum atomic E-state index is -3.60. The molecule has 0 amide bonds. The third-order valence-corrected chi connectivity index (χ3v) is 5.47. The maximum Gasteiger partial charge on any atom is 0.243 e. The van der Waals surface area contributed by atoms with E-state index >= 15 is 0 Å². The standard InChI is InChI=1S/C12H17ClN2O2S/c1-2-12(6-3-7-12)15-18(16,17)11-8-9(13)4-5-10(11)14/h4-5,8,15H,2-3,6-7,14H2,1H3. The number of sulfonamides is 1. The fraction of sp³-hybridized carbons (Fsp3) is 0.500. The first-order valence-electron chi connectivity index (χ1n) is 5.98. The first kappa shape index (κ1) is 13.6. The minimum absolute atomic E-state index is 0.0646. The molecule has 0 radical (unpaired) electrons. The summed E-state index contributed by atoms with van der Waals surface area (Å²) in [5, 5.41) is 0.365. The van der Waals surface area contributed by atoms with Crippen molar-refractivity contribution in [3.8, 4) is 0 Å². The van der Waals surface area contributed by atoms with Crippen LogP contribution in [-0.2, 0) is 10.0 Å². The van der Waals surface area contributed by atoms with Crippen LogP contribution in [0.3, 0.4) is 0 Å². The molecule has 0 spiro atoms. The fourth-order valence-electron chi connectivity index (χ4n) is 2.21. The molecule has 1 aliphatic carbocycles. The summed E-state index contributed by atoms with van der Waals surface area (Å²) in [7, 11) is -3.60. The van der Waals surface area contributed by atoms with Gasteiger partial charge in [-0.3, -0.25) is 0 Å². The van der Waals surface area contributed by atoms with E-state index in [4.69, 9.17) is 17.3 Å². The summed E-state index contributed by atoms with van der Waals surface area (Å²) < 4.78 is 27.4. The van der Waals surface area contributed by atoms with E-state index in [0.717, 1.165) is 25.7 Å². The highest BCUT2D eigenvalue weighted by molar-refractivity contribution is 7.89. The lowest BCUT2D eigenvalue weighted by atomic mass is 9.76. The SMILES string of the molecule is CCC1(NS(=O)(=O)c2cc(Cl)ccc2N)CCC1. The second kappa shape index (κ2) is 4.72. The van der Waals surface area contributed by atoms with Crippen molar-refractivity contribution in [2.24, 2.45) is 0 Å². The van der Waals surface area contributed by atoms with Crippen molar-refractivity contribution in [3.63, 3.8) is 0 Å². The normalized spacial score (nSPS) is 18.3. The number of nitrogens with two attached hydrogens (primary N) is 1. The van der Waals surface area contributed by atoms with Crippen molar-refractivity contribution < 1.29 is 8.42 Å². The number of halogens is 1. The van der Waals surface area contributed by atoms with Crippen molar-refractivity contribution in [3.05, 3.63) is 23.2 Å². The molecule has 2 rings (SSSR count). The van der Waals surface area contributed by atoms with Crippen LogP contribution in [0.4, 0.5) is 5.69 Å². The summed E-state index contributed by atoms with van der Waals surface area (Å²) in [6, 6.07) is 4.48. The largest absolute Gasteiger partial charge is 0.398 e. The summed E-state index contributed by atoms with van der Waals surface area (Å²) in [6.07, 6.45) is 3.60. The molecule has 0 aliphatic heterocycles. The Morgan fingerprint density at radius 3 is 2.61 bits per heavy atom. The number of nitrogen functional groups attached to an aromatic ring is 1. The fourth-order valence-corrected chi connectivity index (χ4v) is 4.14. The van der Waals surface area contributed by atoms with Gasteiger partial charge in [0.1, 0.15) is 4.90 Å². The molecule has 100 valence electrons. The zero-order valence-electron chi connectivity index (χ0n) is 10.2. The zero-order valence-corrected chi connectivity index (χ0v) is 11.8. The average Bonchev–Trinajstić information content (AvgIpc) is 2.27. The van der Waals surface area contributed by atoms with Crippen LogP contribution in [0, 0.1) is 0 Å². The van der Waals surface area contributed by atoms with Gasteiger partial charge in [-0.15, -0.1) is 0 Å². The second-order valence-corrected chi connectivity index (χ2v) is 6.86. The monoisotopic (exact) mass is 288 g/mol. The number of hydrogen-bond acceptors (Lipinski definition) is 3. The van der Waals surface area contributed by atoms with E-state index in [0.29, 0.717) is 5.02 Å². The third kappa shape index (κ3) is 2.48. The Bertz CT molecular complexity index is 548. The lowest BCUT2D eigenvalue weighted by Crippen LogP contribution is -2.52. The van der Waals surface area contributed by atoms with Crippen LogP contribution in [0.15, 0.2) is 23.1 Å². The van der Waals surface area contributed by atoms with Gasteiger partial charge in [0.15, 0.2) is 0 Å². The number of hydrogen-bond donors (Lipinski definition) is 2. The van der Waals surface area contributed by atoms with Crippen molar-refractivity contribution >= 4 is 27.3 Å². The highest BCUT2D eigenvalue weighted by Gasteiger charge is 2.39. The van der Waals surface area contributed by atoms with Gasteiger partial charge in [-0.25, -0.2) is 13.1 Å². The van der Waals surface area contributed by atoms with E-state index in [1.165, 1.54) is 12.1 Å². The van der Waals surface area contributed by atoms with E-state index in [2.05, 4.69) is 4.72 Å². The van der Waals surface area contributed by atoms with E-state index < -0.39 is 10.0 Å². The molecule has 1 aromatic carbocycles. The molecule has 1 saturated carbocycles. The molecule has 1 fully saturated rings. The maximum absolute atomic E-state index is 12.3. The van der Waals surface area contributed by atoms with Gasteiger partial charge in [0.25, 0.3) is 0 Å². The summed E-state index contributed by atoms with van der Waals surface area (Å²) in [6.45, 7) is 1.99. The van der Waals surface area contributed by atoms with Gasteiger partial charge < -0.3 is 5.73 Å². The smallest absolute Gasteiger partial charge is 0.243 e. The summed E-state index contributed by atoms with van der Waals surface area (Å²) in [4.78, 5) is 0.0646. The van der Waals surface area contributed by atoms with Crippen LogP contribution in [0.5, 0.6) is 0 Å². The Hall–Kier alpha value is -0.780. The van der Waals surface area contributed by atoms with E-state index in [1.54, 1.807) is 6.07 Å². The highest BCUT2D eigenvalue weighted by Crippen LogP contribution is 2.36. The number of rotatable bonds is 4. The molecule has 6 heteroatoms. The quantitative estimate of drug-likeness (QED) is 0.836. The van der Waals surface area contributed by atoms with Crippen molar-refractivity contribution in [2.45, 2.75) is 43.0 Å². The summed E-state index contributed by atoms with van der Waals surface area (Å²) in [5.41, 5.74) is 5.64. The highest BCUT2D eigenvalue weighted by atomic mass is 35.5. The van der Waals surface area contributed by atoms with Gasteiger partial charge >= 0.3 is 0 Å². The van der Waals surface area contributed by atoms with E-state index in [9.17, 15) is 8.42 Å². The molecular weight excluding hydrogens is 272 g/mol. The topological polar surface area (TPSA) is 72.2 Å². The van der Waals surface area contributed by atoms with Gasteiger partial charge in [0.2, 0.25) is 10.0 Å². The first-order chi connectivity index (χ1) is 8.38. The molecule has 0 bridgehead atoms. The Morgan fingerprint density at radius 2 is 2.11 bits per heavy atom. The predicted molar refractivity (Wildman–Crippen MR) is 73.1 cm³/mol. The maximum atomic E-state index is 12.3. The van der Waals surface area contributed by atoms with Crippen LogP contribution in [-0.4, -0.2) is 14.0 Å². The number of benzene rings is 1. The van der Waals surface area contributed by atoms with E-state index in [1.807, 2.05) is 6.92 Å². The average molecular weight is 289 g/mol. The lowest BCUT2D eigenvalue weighted by molar-refractivity contribution is 0.214. The van der Waals surface area contributed by atoms with Gasteiger partial charge in [-0.1, -0.05) is 18.5 Å². The lowest BCUT2D eigenvalue weighted by Gasteiger charge is -2.41. The number of anilines is 1. The van der Waals surface area contributed by atoms with Crippen LogP contribution >= 0.6 is 11.6 Å². The predicted octanol–water partition coefficient (Wildman–Crippen LogP) is 2.53. The molecule has 3 N–H and O–H groups in total. The molecule has 1 aliphatic rings. The van der Waals surface area contributed by atoms with Crippen molar-refractivity contribution in [1.29, 1.82) is 0 Å². The molecule has 0 atom stereocenters. The Labute approximate surface area is 113 Å². The van der Waals surface area contributed by atoms with Crippen LogP contribution < -0.4 is 10.5 Å². The van der Waals surface area contributed by atoms with Gasteiger partial charge in [-0.05, 0) is 43.9 Å². The molecule has 4 nitrogen and oxygen atoms in total. The summed E-state index contributed by atoms with van der Waals surface area (Å²) in [5.74, 6) is 0. The molecule has 0 aromatic heterocycles. The molecule has 1 aromatic rings. The van der Waals surface area contributed by atoms with Gasteiger partial charge in [0.05, 0.1) is 5.69 Å². The Morgan fingerprint density at radius 1 is 1.44 bits per heavy atom. The van der Waals surface area contributed by atoms with Crippen LogP contribution in [0.25, 0.3) is 0 Å². The molecular formula is C12H17ClN2O2S. The third-order valence-electron chi connectivity index (χ3n) is 3.60. The molecule has 0 heterocycles. The zero-order chi connectivity index (χ0) is 13.4. The van der Waals surface area contributed by atoms with Crippen molar-refractivity contribution in [2.75, 3.05) is 5.73 Å².